The molecule has 0 radical (unpaired) electrons. The predicted octanol–water partition coefficient (Wildman–Crippen LogP) is 4.96. The maximum absolute atomic E-state index is 16.0. The van der Waals surface area contributed by atoms with E-state index in [2.05, 4.69) is 35.8 Å². The summed E-state index contributed by atoms with van der Waals surface area (Å²) in [5.41, 5.74) is -0.347. The molecular weight excluding hydrogens is 612 g/mol. The summed E-state index contributed by atoms with van der Waals surface area (Å²) in [5.74, 6) is 0.0288. The van der Waals surface area contributed by atoms with Crippen LogP contribution < -0.4 is 9.64 Å². The number of amides is 1. The van der Waals surface area contributed by atoms with Crippen LogP contribution in [-0.2, 0) is 11.8 Å². The first-order valence-electron chi connectivity index (χ1n) is 14.7. The topological polar surface area (TPSA) is 88.9 Å². The molecule has 5 aliphatic rings. The Labute approximate surface area is 251 Å². The van der Waals surface area contributed by atoms with Gasteiger partial charge in [0, 0.05) is 50.7 Å². The van der Waals surface area contributed by atoms with Gasteiger partial charge in [0.2, 0.25) is 0 Å². The maximum Gasteiger partial charge on any atom is 0.410 e. The SMILES string of the molecule is Cn1cc2c(n1)c(Br)c(F)c1nc(OC[C@@]34CCCN3C[C@H](F)C4)nc(N3CC4CCC3CN4C(=O)OC(C)(C)C)c12. The van der Waals surface area contributed by atoms with E-state index >= 15 is 4.39 Å². The fourth-order valence-electron chi connectivity index (χ4n) is 7.43. The highest BCUT2D eigenvalue weighted by Crippen LogP contribution is 2.43. The van der Waals surface area contributed by atoms with E-state index in [1.807, 2.05) is 31.9 Å². The summed E-state index contributed by atoms with van der Waals surface area (Å²) in [6.45, 7) is 8.10. The predicted molar refractivity (Wildman–Crippen MR) is 157 cm³/mol. The van der Waals surface area contributed by atoms with Crippen molar-refractivity contribution >= 4 is 49.6 Å². The van der Waals surface area contributed by atoms with Gasteiger partial charge in [0.05, 0.1) is 21.4 Å². The number of ether oxygens (including phenoxy) is 2. The molecule has 13 heteroatoms. The summed E-state index contributed by atoms with van der Waals surface area (Å²) in [6.07, 6.45) is 4.60. The maximum atomic E-state index is 16.0. The smallest absolute Gasteiger partial charge is 0.410 e. The van der Waals surface area contributed by atoms with Gasteiger partial charge in [-0.05, 0) is 68.9 Å². The van der Waals surface area contributed by atoms with Crippen molar-refractivity contribution in [3.05, 3.63) is 16.5 Å². The number of fused-ring (bicyclic) bond motifs is 7. The molecule has 5 fully saturated rings. The summed E-state index contributed by atoms with van der Waals surface area (Å²) in [6, 6.07) is -0.0479. The second-order valence-corrected chi connectivity index (χ2v) is 14.1. The highest BCUT2D eigenvalue weighted by atomic mass is 79.9. The van der Waals surface area contributed by atoms with Crippen LogP contribution in [0.15, 0.2) is 10.7 Å². The van der Waals surface area contributed by atoms with Crippen molar-refractivity contribution < 1.29 is 23.0 Å². The summed E-state index contributed by atoms with van der Waals surface area (Å²) >= 11 is 3.40. The first-order chi connectivity index (χ1) is 19.9. The third kappa shape index (κ3) is 4.58. The van der Waals surface area contributed by atoms with Crippen LogP contribution in [0.4, 0.5) is 19.4 Å². The molecule has 0 spiro atoms. The third-order valence-corrected chi connectivity index (χ3v) is 9.96. The zero-order valence-corrected chi connectivity index (χ0v) is 26.0. The Morgan fingerprint density at radius 2 is 1.95 bits per heavy atom. The number of carbonyl (C=O) groups is 1. The van der Waals surface area contributed by atoms with Gasteiger partial charge >= 0.3 is 12.1 Å². The van der Waals surface area contributed by atoms with Gasteiger partial charge in [-0.15, -0.1) is 0 Å². The minimum atomic E-state index is -0.883. The van der Waals surface area contributed by atoms with Gasteiger partial charge in [0.1, 0.15) is 35.2 Å². The molecule has 1 amide bonds. The van der Waals surface area contributed by atoms with Crippen molar-refractivity contribution in [2.45, 2.75) is 82.3 Å². The van der Waals surface area contributed by atoms with Crippen LogP contribution in [0.5, 0.6) is 6.01 Å². The number of piperidine rings is 2. The number of rotatable bonds is 4. The minimum Gasteiger partial charge on any atom is -0.461 e. The molecule has 5 aliphatic heterocycles. The van der Waals surface area contributed by atoms with E-state index < -0.39 is 17.6 Å². The molecular formula is C29H36BrF2N7O3. The van der Waals surface area contributed by atoms with Crippen molar-refractivity contribution in [1.29, 1.82) is 0 Å². The summed E-state index contributed by atoms with van der Waals surface area (Å²) in [5, 5.41) is 5.78. The van der Waals surface area contributed by atoms with Crippen LogP contribution >= 0.6 is 15.9 Å². The molecule has 5 saturated heterocycles. The van der Waals surface area contributed by atoms with E-state index in [1.54, 1.807) is 11.7 Å². The van der Waals surface area contributed by atoms with Crippen LogP contribution in [-0.4, -0.2) is 97.8 Å². The summed E-state index contributed by atoms with van der Waals surface area (Å²) in [7, 11) is 1.79. The third-order valence-electron chi connectivity index (χ3n) is 9.24. The molecule has 226 valence electrons. The zero-order chi connectivity index (χ0) is 29.6. The molecule has 2 unspecified atom stereocenters. The molecule has 2 bridgehead atoms. The number of aromatic nitrogens is 4. The van der Waals surface area contributed by atoms with Crippen LogP contribution in [0.3, 0.4) is 0 Å². The number of alkyl halides is 1. The van der Waals surface area contributed by atoms with Crippen LogP contribution in [0, 0.1) is 5.82 Å². The van der Waals surface area contributed by atoms with Gasteiger partial charge in [-0.1, -0.05) is 0 Å². The largest absolute Gasteiger partial charge is 0.461 e. The lowest BCUT2D eigenvalue weighted by Gasteiger charge is -2.51. The number of benzene rings is 1. The van der Waals surface area contributed by atoms with Crippen LogP contribution in [0.1, 0.15) is 52.9 Å². The number of anilines is 1. The molecule has 0 saturated carbocycles. The van der Waals surface area contributed by atoms with E-state index in [0.717, 1.165) is 37.6 Å². The highest BCUT2D eigenvalue weighted by molar-refractivity contribution is 9.10. The first-order valence-corrected chi connectivity index (χ1v) is 15.5. The number of piperazine rings is 1. The number of nitrogens with zero attached hydrogens (tertiary/aromatic N) is 7. The number of carbonyl (C=O) groups excluding carboxylic acids is 1. The fraction of sp³-hybridized carbons (Fsp3) is 0.655. The Hall–Kier alpha value is -2.80. The highest BCUT2D eigenvalue weighted by Gasteiger charge is 2.50. The standard InChI is InChI=1S/C29H36BrF2N7O3/c1-28(2,3)42-27(40)39-13-17-6-7-18(39)12-38(17)25-20-19-14-36(4)35-23(19)21(30)22(32)24(20)33-26(34-25)41-15-29-8-5-9-37(29)11-16(31)10-29/h14,16-18H,5-13,15H2,1-4H3/t16-,17?,18?,29+/m1/s1. The van der Waals surface area contributed by atoms with Gasteiger partial charge in [-0.2, -0.15) is 15.1 Å². The summed E-state index contributed by atoms with van der Waals surface area (Å²) in [4.78, 5) is 28.7. The van der Waals surface area contributed by atoms with E-state index in [-0.39, 0.29) is 46.3 Å². The van der Waals surface area contributed by atoms with Crippen molar-refractivity contribution in [3.63, 3.8) is 0 Å². The molecule has 10 nitrogen and oxygen atoms in total. The Kier molecular flexibility index (Phi) is 6.58. The lowest BCUT2D eigenvalue weighted by Crippen LogP contribution is -2.64. The number of halogens is 3. The molecule has 3 aromatic rings. The molecule has 42 heavy (non-hydrogen) atoms. The Morgan fingerprint density at radius 3 is 2.69 bits per heavy atom. The number of aryl methyl sites for hydroxylation is 1. The minimum absolute atomic E-state index is 0.0436. The van der Waals surface area contributed by atoms with Crippen LogP contribution in [0.25, 0.3) is 21.8 Å². The Morgan fingerprint density at radius 1 is 1.17 bits per heavy atom. The van der Waals surface area contributed by atoms with Crippen molar-refractivity contribution in [2.75, 3.05) is 37.7 Å². The molecule has 1 aromatic carbocycles. The lowest BCUT2D eigenvalue weighted by atomic mass is 9.90. The number of hydrogen-bond donors (Lipinski definition) is 0. The molecule has 7 heterocycles. The lowest BCUT2D eigenvalue weighted by molar-refractivity contribution is 0.000794. The van der Waals surface area contributed by atoms with Gasteiger partial charge in [-0.3, -0.25) is 9.58 Å². The van der Waals surface area contributed by atoms with Crippen molar-refractivity contribution in [2.24, 2.45) is 7.05 Å². The molecule has 0 N–H and O–H groups in total. The van der Waals surface area contributed by atoms with E-state index in [1.165, 1.54) is 0 Å². The average molecular weight is 649 g/mol. The van der Waals surface area contributed by atoms with Gasteiger partial charge in [-0.25, -0.2) is 13.6 Å². The van der Waals surface area contributed by atoms with E-state index in [9.17, 15) is 9.18 Å². The first kappa shape index (κ1) is 28.0. The number of hydrogen-bond acceptors (Lipinski definition) is 8. The Balaban J connectivity index is 1.29. The molecule has 0 aliphatic carbocycles. The van der Waals surface area contributed by atoms with Gasteiger partial charge in [0.15, 0.2) is 5.82 Å². The monoisotopic (exact) mass is 647 g/mol. The van der Waals surface area contributed by atoms with E-state index in [0.29, 0.717) is 42.8 Å². The second kappa shape index (κ2) is 9.87. The van der Waals surface area contributed by atoms with Gasteiger partial charge in [0.25, 0.3) is 0 Å². The molecule has 4 atom stereocenters. The molecule has 8 rings (SSSR count). The second-order valence-electron chi connectivity index (χ2n) is 13.3. The fourth-order valence-corrected chi connectivity index (χ4v) is 7.91. The van der Waals surface area contributed by atoms with Gasteiger partial charge < -0.3 is 19.3 Å². The zero-order valence-electron chi connectivity index (χ0n) is 24.4. The average Bonchev–Trinajstić information content (AvgIpc) is 3.60. The van der Waals surface area contributed by atoms with E-state index in [4.69, 9.17) is 14.5 Å². The normalized spacial score (nSPS) is 27.8. The van der Waals surface area contributed by atoms with Crippen molar-refractivity contribution in [3.8, 4) is 6.01 Å². The summed E-state index contributed by atoms with van der Waals surface area (Å²) < 4.78 is 44.2. The quantitative estimate of drug-likeness (QED) is 0.393. The molecule has 2 aromatic heterocycles. The van der Waals surface area contributed by atoms with Crippen LogP contribution in [0.2, 0.25) is 0 Å². The Bertz CT molecular complexity index is 1580. The van der Waals surface area contributed by atoms with Crippen molar-refractivity contribution in [1.82, 2.24) is 29.5 Å².